The van der Waals surface area contributed by atoms with E-state index in [9.17, 15) is 4.79 Å². The molecule has 1 unspecified atom stereocenters. The van der Waals surface area contributed by atoms with Gasteiger partial charge in [-0.05, 0) is 12.0 Å². The van der Waals surface area contributed by atoms with Crippen molar-refractivity contribution in [1.82, 2.24) is 9.78 Å². The van der Waals surface area contributed by atoms with Crippen molar-refractivity contribution in [3.05, 3.63) is 28.7 Å². The predicted octanol–water partition coefficient (Wildman–Crippen LogP) is 1.27. The van der Waals surface area contributed by atoms with Gasteiger partial charge in [-0.3, -0.25) is 4.79 Å². The summed E-state index contributed by atoms with van der Waals surface area (Å²) in [6.07, 6.45) is 1.63. The van der Waals surface area contributed by atoms with Gasteiger partial charge in [-0.15, -0.1) is 0 Å². The van der Waals surface area contributed by atoms with Crippen LogP contribution in [0.3, 0.4) is 0 Å². The van der Waals surface area contributed by atoms with Crippen LogP contribution in [0.4, 0.5) is 0 Å². The first-order chi connectivity index (χ1) is 5.74. The molecule has 0 N–H and O–H groups in total. The summed E-state index contributed by atoms with van der Waals surface area (Å²) in [5, 5.41) is 4.83. The van der Waals surface area contributed by atoms with Gasteiger partial charge in [0.25, 0.3) is 5.56 Å². The second kappa shape index (κ2) is 4.40. The van der Waals surface area contributed by atoms with Crippen LogP contribution in [-0.4, -0.2) is 15.1 Å². The van der Waals surface area contributed by atoms with Gasteiger partial charge in [-0.25, -0.2) is 4.68 Å². The first-order valence-electron chi connectivity index (χ1n) is 3.82. The summed E-state index contributed by atoms with van der Waals surface area (Å²) in [7, 11) is 0. The van der Waals surface area contributed by atoms with Crippen molar-refractivity contribution < 1.29 is 0 Å². The number of nitrogens with zero attached hydrogens (tertiary/aromatic N) is 2. The third kappa shape index (κ3) is 2.44. The minimum atomic E-state index is -0.0368. The van der Waals surface area contributed by atoms with Crippen molar-refractivity contribution in [1.29, 1.82) is 0 Å². The van der Waals surface area contributed by atoms with E-state index in [-0.39, 0.29) is 5.56 Å². The summed E-state index contributed by atoms with van der Waals surface area (Å²) in [6.45, 7) is 2.74. The molecule has 0 saturated carbocycles. The number of aromatic nitrogens is 2. The molecule has 3 nitrogen and oxygen atoms in total. The normalized spacial score (nSPS) is 12.8. The van der Waals surface area contributed by atoms with Crippen LogP contribution in [0.2, 0.25) is 0 Å². The maximum absolute atomic E-state index is 11.2. The van der Waals surface area contributed by atoms with Gasteiger partial charge in [-0.1, -0.05) is 22.9 Å². The highest BCUT2D eigenvalue weighted by Gasteiger charge is 2.02. The predicted molar refractivity (Wildman–Crippen MR) is 51.5 cm³/mol. The Labute approximate surface area is 79.5 Å². The molecule has 0 bridgehead atoms. The molecule has 0 saturated heterocycles. The molecule has 0 aromatic carbocycles. The van der Waals surface area contributed by atoms with Crippen LogP contribution in [0.25, 0.3) is 0 Å². The first-order valence-corrected chi connectivity index (χ1v) is 4.94. The Morgan fingerprint density at radius 1 is 1.75 bits per heavy atom. The Morgan fingerprint density at radius 3 is 3.08 bits per heavy atom. The molecule has 1 aromatic heterocycles. The van der Waals surface area contributed by atoms with E-state index in [2.05, 4.69) is 28.0 Å². The van der Waals surface area contributed by atoms with Crippen molar-refractivity contribution in [3.63, 3.8) is 0 Å². The molecule has 0 aliphatic rings. The van der Waals surface area contributed by atoms with Crippen LogP contribution < -0.4 is 5.56 Å². The third-order valence-electron chi connectivity index (χ3n) is 1.53. The number of alkyl halides is 1. The fraction of sp³-hybridized carbons (Fsp3) is 0.500. The van der Waals surface area contributed by atoms with Crippen LogP contribution in [0.5, 0.6) is 0 Å². The van der Waals surface area contributed by atoms with Crippen molar-refractivity contribution >= 4 is 15.9 Å². The molecule has 1 rings (SSSR count). The average Bonchev–Trinajstić information content (AvgIpc) is 2.09. The van der Waals surface area contributed by atoms with Gasteiger partial charge in [0.05, 0.1) is 0 Å². The van der Waals surface area contributed by atoms with E-state index in [1.54, 1.807) is 12.3 Å². The van der Waals surface area contributed by atoms with E-state index in [0.29, 0.717) is 12.5 Å². The van der Waals surface area contributed by atoms with E-state index >= 15 is 0 Å². The average molecular weight is 231 g/mol. The molecular formula is C8H11BrN2O. The minimum Gasteiger partial charge on any atom is -0.268 e. The summed E-state index contributed by atoms with van der Waals surface area (Å²) in [6, 6.07) is 3.17. The molecule has 0 amide bonds. The van der Waals surface area contributed by atoms with E-state index in [1.165, 1.54) is 10.7 Å². The van der Waals surface area contributed by atoms with Gasteiger partial charge in [0.15, 0.2) is 0 Å². The Hall–Kier alpha value is -0.640. The summed E-state index contributed by atoms with van der Waals surface area (Å²) in [4.78, 5) is 11.2. The van der Waals surface area contributed by atoms with Crippen molar-refractivity contribution in [3.8, 4) is 0 Å². The maximum Gasteiger partial charge on any atom is 0.266 e. The topological polar surface area (TPSA) is 34.9 Å². The van der Waals surface area contributed by atoms with Crippen LogP contribution in [-0.2, 0) is 6.54 Å². The van der Waals surface area contributed by atoms with Crippen LogP contribution in [0.15, 0.2) is 23.1 Å². The zero-order valence-corrected chi connectivity index (χ0v) is 8.49. The van der Waals surface area contributed by atoms with Gasteiger partial charge in [0.1, 0.15) is 0 Å². The van der Waals surface area contributed by atoms with Crippen molar-refractivity contribution in [2.75, 3.05) is 5.33 Å². The summed E-state index contributed by atoms with van der Waals surface area (Å²) >= 11 is 3.35. The fourth-order valence-corrected chi connectivity index (χ4v) is 1.07. The third-order valence-corrected chi connectivity index (χ3v) is 2.64. The highest BCUT2D eigenvalue weighted by Crippen LogP contribution is 2.00. The minimum absolute atomic E-state index is 0.0368. The Balaban J connectivity index is 2.76. The van der Waals surface area contributed by atoms with E-state index < -0.39 is 0 Å². The lowest BCUT2D eigenvalue weighted by molar-refractivity contribution is 0.471. The molecule has 4 heteroatoms. The molecule has 12 heavy (non-hydrogen) atoms. The summed E-state index contributed by atoms with van der Waals surface area (Å²) in [5.74, 6) is 0.428. The van der Waals surface area contributed by atoms with E-state index in [0.717, 1.165) is 5.33 Å². The van der Waals surface area contributed by atoms with Gasteiger partial charge < -0.3 is 0 Å². The summed E-state index contributed by atoms with van der Waals surface area (Å²) in [5.41, 5.74) is -0.0368. The molecule has 0 spiro atoms. The first kappa shape index (κ1) is 9.45. The molecule has 0 aliphatic heterocycles. The molecule has 1 aromatic rings. The second-order valence-corrected chi connectivity index (χ2v) is 3.45. The highest BCUT2D eigenvalue weighted by molar-refractivity contribution is 9.09. The lowest BCUT2D eigenvalue weighted by Crippen LogP contribution is -2.24. The lowest BCUT2D eigenvalue weighted by Gasteiger charge is -2.07. The molecule has 1 atom stereocenters. The zero-order chi connectivity index (χ0) is 8.97. The Morgan fingerprint density at radius 2 is 2.50 bits per heavy atom. The fourth-order valence-electron chi connectivity index (χ4n) is 0.868. The van der Waals surface area contributed by atoms with Crippen molar-refractivity contribution in [2.24, 2.45) is 5.92 Å². The van der Waals surface area contributed by atoms with E-state index in [4.69, 9.17) is 0 Å². The molecular weight excluding hydrogens is 220 g/mol. The lowest BCUT2D eigenvalue weighted by atomic mass is 10.2. The van der Waals surface area contributed by atoms with E-state index in [1.807, 2.05) is 0 Å². The van der Waals surface area contributed by atoms with Crippen LogP contribution in [0.1, 0.15) is 6.92 Å². The Kier molecular flexibility index (Phi) is 3.47. The zero-order valence-electron chi connectivity index (χ0n) is 6.90. The van der Waals surface area contributed by atoms with Crippen molar-refractivity contribution in [2.45, 2.75) is 13.5 Å². The SMILES string of the molecule is CC(CBr)Cn1ncccc1=O. The van der Waals surface area contributed by atoms with Gasteiger partial charge in [-0.2, -0.15) is 5.10 Å². The molecule has 0 aliphatic carbocycles. The largest absolute Gasteiger partial charge is 0.268 e. The number of rotatable bonds is 3. The molecule has 0 radical (unpaired) electrons. The number of halogens is 1. The van der Waals surface area contributed by atoms with Gasteiger partial charge in [0.2, 0.25) is 0 Å². The second-order valence-electron chi connectivity index (χ2n) is 2.80. The quantitative estimate of drug-likeness (QED) is 0.734. The standard InChI is InChI=1S/C8H11BrN2O/c1-7(5-9)6-11-8(12)3-2-4-10-11/h2-4,7H,5-6H2,1H3. The van der Waals surface area contributed by atoms with Gasteiger partial charge in [0, 0.05) is 24.1 Å². The highest BCUT2D eigenvalue weighted by atomic mass is 79.9. The molecule has 1 heterocycles. The Bertz CT molecular complexity index is 297. The summed E-state index contributed by atoms with van der Waals surface area (Å²) < 4.78 is 1.48. The molecule has 66 valence electrons. The van der Waals surface area contributed by atoms with Gasteiger partial charge >= 0.3 is 0 Å². The number of hydrogen-bond donors (Lipinski definition) is 0. The molecule has 0 fully saturated rings. The smallest absolute Gasteiger partial charge is 0.266 e. The maximum atomic E-state index is 11.2. The van der Waals surface area contributed by atoms with Crippen LogP contribution >= 0.6 is 15.9 Å². The number of hydrogen-bond acceptors (Lipinski definition) is 2. The monoisotopic (exact) mass is 230 g/mol. The van der Waals surface area contributed by atoms with Crippen LogP contribution in [0, 0.1) is 5.92 Å².